The minimum atomic E-state index is -3.79. The Morgan fingerprint density at radius 3 is 2.58 bits per heavy atom. The molecule has 1 aromatic carbocycles. The van der Waals surface area contributed by atoms with Crippen molar-refractivity contribution in [3.63, 3.8) is 0 Å². The van der Waals surface area contributed by atoms with Gasteiger partial charge in [0.25, 0.3) is 0 Å². The Labute approximate surface area is 179 Å². The first-order valence-corrected chi connectivity index (χ1v) is 11.9. The van der Waals surface area contributed by atoms with Crippen molar-refractivity contribution in [2.45, 2.75) is 25.8 Å². The van der Waals surface area contributed by atoms with E-state index >= 15 is 0 Å². The molecule has 1 saturated heterocycles. The summed E-state index contributed by atoms with van der Waals surface area (Å²) in [5.74, 6) is -2.45. The summed E-state index contributed by atoms with van der Waals surface area (Å²) in [4.78, 5) is 28.0. The average Bonchev–Trinajstić information content (AvgIpc) is 3.15. The van der Waals surface area contributed by atoms with E-state index in [1.54, 1.807) is 5.48 Å². The van der Waals surface area contributed by atoms with Crippen LogP contribution in [0.5, 0.6) is 0 Å². The second-order valence-electron chi connectivity index (χ2n) is 8.18. The van der Waals surface area contributed by atoms with Crippen LogP contribution in [0.1, 0.15) is 24.1 Å². The normalized spacial score (nSPS) is 19.2. The number of nitrogens with one attached hydrogen (secondary N) is 2. The number of nitrogens with zero attached hydrogens (tertiary/aromatic N) is 2. The Morgan fingerprint density at radius 2 is 1.90 bits per heavy atom. The molecule has 0 spiro atoms. The lowest BCUT2D eigenvalue weighted by atomic mass is 9.85. The molecule has 0 aliphatic carbocycles. The number of aromatic nitrogens is 1. The first-order chi connectivity index (χ1) is 14.8. The third-order valence-corrected chi connectivity index (χ3v) is 8.34. The maximum absolute atomic E-state index is 13.2. The molecule has 0 bridgehead atoms. The maximum atomic E-state index is 13.2. The number of hydrogen-bond donors (Lipinski definition) is 4. The number of piperidine rings is 1. The number of aromatic amines is 1. The number of likely N-dealkylation sites (tertiary alicyclic amines) is 1. The van der Waals surface area contributed by atoms with Crippen molar-refractivity contribution >= 4 is 32.9 Å². The highest BCUT2D eigenvalue weighted by Crippen LogP contribution is 2.31. The van der Waals surface area contributed by atoms with Crippen molar-refractivity contribution in [3.05, 3.63) is 35.5 Å². The lowest BCUT2D eigenvalue weighted by molar-refractivity contribution is -0.134. The molecule has 4 N–H and O–H groups in total. The van der Waals surface area contributed by atoms with E-state index in [9.17, 15) is 23.2 Å². The van der Waals surface area contributed by atoms with Crippen LogP contribution in [0.2, 0.25) is 0 Å². The number of carbonyl (C=O) groups is 2. The molecule has 4 rings (SSSR count). The van der Waals surface area contributed by atoms with Gasteiger partial charge in [0, 0.05) is 36.2 Å². The van der Waals surface area contributed by atoms with Crippen LogP contribution in [-0.4, -0.2) is 70.3 Å². The van der Waals surface area contributed by atoms with Crippen LogP contribution < -0.4 is 5.48 Å². The molecule has 31 heavy (non-hydrogen) atoms. The molecule has 2 aliphatic heterocycles. The van der Waals surface area contributed by atoms with Gasteiger partial charge in [-0.3, -0.25) is 10.0 Å². The third kappa shape index (κ3) is 4.25. The van der Waals surface area contributed by atoms with Gasteiger partial charge < -0.3 is 15.0 Å². The fourth-order valence-electron chi connectivity index (χ4n) is 4.74. The third-order valence-electron chi connectivity index (χ3n) is 6.46. The van der Waals surface area contributed by atoms with Gasteiger partial charge in [0.05, 0.1) is 18.2 Å². The first-order valence-electron chi connectivity index (χ1n) is 10.3. The van der Waals surface area contributed by atoms with Gasteiger partial charge in [0.2, 0.25) is 15.9 Å². The molecule has 1 unspecified atom stereocenters. The number of H-pyrrole nitrogens is 1. The molecular weight excluding hydrogens is 424 g/mol. The summed E-state index contributed by atoms with van der Waals surface area (Å²) in [5, 5.41) is 19.4. The molecule has 2 amide bonds. The summed E-state index contributed by atoms with van der Waals surface area (Å²) in [6, 6.07) is 7.84. The van der Waals surface area contributed by atoms with E-state index in [4.69, 9.17) is 5.11 Å². The molecule has 0 radical (unpaired) electrons. The summed E-state index contributed by atoms with van der Waals surface area (Å²) in [6.45, 7) is 0.994. The van der Waals surface area contributed by atoms with Gasteiger partial charge in [-0.05, 0) is 36.8 Å². The zero-order valence-corrected chi connectivity index (χ0v) is 17.8. The average molecular weight is 451 g/mol. The largest absolute Gasteiger partial charge is 0.465 e. The van der Waals surface area contributed by atoms with E-state index in [-0.39, 0.29) is 25.6 Å². The Morgan fingerprint density at radius 1 is 1.19 bits per heavy atom. The lowest BCUT2D eigenvalue weighted by Crippen LogP contribution is -2.47. The molecule has 11 heteroatoms. The Hall–Kier alpha value is -2.63. The van der Waals surface area contributed by atoms with Gasteiger partial charge in [-0.15, -0.1) is 0 Å². The zero-order valence-electron chi connectivity index (χ0n) is 17.0. The van der Waals surface area contributed by atoms with Crippen molar-refractivity contribution in [3.8, 4) is 0 Å². The van der Waals surface area contributed by atoms with Crippen molar-refractivity contribution in [2.75, 3.05) is 25.4 Å². The lowest BCUT2D eigenvalue weighted by Gasteiger charge is -2.35. The van der Waals surface area contributed by atoms with Crippen molar-refractivity contribution in [1.82, 2.24) is 19.7 Å². The monoisotopic (exact) mass is 450 g/mol. The predicted octanol–water partition coefficient (Wildman–Crippen LogP) is 1.37. The molecule has 168 valence electrons. The summed E-state index contributed by atoms with van der Waals surface area (Å²) in [5.41, 5.74) is 4.54. The van der Waals surface area contributed by atoms with E-state index in [1.807, 2.05) is 24.3 Å². The van der Waals surface area contributed by atoms with Crippen LogP contribution in [-0.2, 0) is 27.8 Å². The van der Waals surface area contributed by atoms with Gasteiger partial charge in [-0.25, -0.2) is 18.7 Å². The van der Waals surface area contributed by atoms with Gasteiger partial charge in [-0.2, -0.15) is 4.31 Å². The number of fused-ring (bicyclic) bond motifs is 3. The summed E-state index contributed by atoms with van der Waals surface area (Å²) in [6.07, 6.45) is 0.279. The van der Waals surface area contributed by atoms with Crippen molar-refractivity contribution in [1.29, 1.82) is 0 Å². The molecule has 3 heterocycles. The number of rotatable bonds is 5. The van der Waals surface area contributed by atoms with Crippen LogP contribution in [0, 0.1) is 11.8 Å². The second kappa shape index (κ2) is 8.48. The zero-order chi connectivity index (χ0) is 22.2. The summed E-state index contributed by atoms with van der Waals surface area (Å²) in [7, 11) is -3.79. The predicted molar refractivity (Wildman–Crippen MR) is 112 cm³/mol. The van der Waals surface area contributed by atoms with Gasteiger partial charge >= 0.3 is 6.09 Å². The molecule has 2 aromatic rings. The molecule has 1 fully saturated rings. The number of amides is 2. The Balaban J connectivity index is 1.50. The molecule has 0 saturated carbocycles. The van der Waals surface area contributed by atoms with Crippen molar-refractivity contribution < 1.29 is 28.3 Å². The number of benzene rings is 1. The summed E-state index contributed by atoms with van der Waals surface area (Å²) >= 11 is 0. The second-order valence-corrected chi connectivity index (χ2v) is 10.2. The van der Waals surface area contributed by atoms with Crippen LogP contribution in [0.3, 0.4) is 0 Å². The SMILES string of the molecule is O=C(NO)C(CS(=O)(=O)N1CCc2c([nH]c3ccccc23)C1)C1CCN(C(=O)O)CC1. The van der Waals surface area contributed by atoms with Crippen LogP contribution in [0.4, 0.5) is 4.79 Å². The highest BCUT2D eigenvalue weighted by atomic mass is 32.2. The number of carbonyl (C=O) groups excluding carboxylic acids is 1. The number of hydroxylamine groups is 1. The Bertz CT molecular complexity index is 1090. The van der Waals surface area contributed by atoms with Gasteiger partial charge in [0.1, 0.15) is 0 Å². The number of para-hydroxylation sites is 1. The van der Waals surface area contributed by atoms with E-state index in [0.29, 0.717) is 25.8 Å². The topological polar surface area (TPSA) is 143 Å². The number of sulfonamides is 1. The highest BCUT2D eigenvalue weighted by Gasteiger charge is 2.38. The minimum Gasteiger partial charge on any atom is -0.465 e. The number of carboxylic acid groups (broad SMARTS) is 1. The van der Waals surface area contributed by atoms with E-state index < -0.39 is 33.7 Å². The fraction of sp³-hybridized carbons (Fsp3) is 0.500. The number of hydrogen-bond acceptors (Lipinski definition) is 5. The smallest absolute Gasteiger partial charge is 0.407 e. The van der Waals surface area contributed by atoms with Crippen LogP contribution in [0.25, 0.3) is 10.9 Å². The van der Waals surface area contributed by atoms with E-state index in [1.165, 1.54) is 9.21 Å². The maximum Gasteiger partial charge on any atom is 0.407 e. The standard InChI is InChI=1S/C20H26N4O6S/c25-19(22-28)16(13-5-8-23(9-6-13)20(26)27)12-31(29,30)24-10-7-15-14-3-1-2-4-17(14)21-18(15)11-24/h1-4,13,16,21,28H,5-12H2,(H,22,25)(H,26,27). The molecule has 10 nitrogen and oxygen atoms in total. The van der Waals surface area contributed by atoms with Crippen molar-refractivity contribution in [2.24, 2.45) is 11.8 Å². The molecule has 2 aliphatic rings. The molecular formula is C20H26N4O6S. The fourth-order valence-corrected chi connectivity index (χ4v) is 6.52. The molecule has 1 aromatic heterocycles. The Kier molecular flexibility index (Phi) is 5.91. The minimum absolute atomic E-state index is 0.206. The summed E-state index contributed by atoms with van der Waals surface area (Å²) < 4.78 is 27.8. The van der Waals surface area contributed by atoms with Gasteiger partial charge in [0.15, 0.2) is 0 Å². The quantitative estimate of drug-likeness (QED) is 0.400. The van der Waals surface area contributed by atoms with E-state index in [0.717, 1.165) is 22.2 Å². The molecule has 1 atom stereocenters. The van der Waals surface area contributed by atoms with Gasteiger partial charge in [-0.1, -0.05) is 18.2 Å². The van der Waals surface area contributed by atoms with Crippen LogP contribution in [0.15, 0.2) is 24.3 Å². The highest BCUT2D eigenvalue weighted by molar-refractivity contribution is 7.89. The first kappa shape index (κ1) is 21.6. The van der Waals surface area contributed by atoms with E-state index in [2.05, 4.69) is 4.98 Å². The van der Waals surface area contributed by atoms with Crippen LogP contribution >= 0.6 is 0 Å².